The Hall–Kier alpha value is -1.55. The molecule has 0 aliphatic carbocycles. The number of rotatable bonds is 1. The number of piperazine rings is 1. The van der Waals surface area contributed by atoms with Crippen LogP contribution in [0, 0.1) is 0 Å². The van der Waals surface area contributed by atoms with Crippen LogP contribution in [0.15, 0.2) is 29.0 Å². The molecule has 0 N–H and O–H groups in total. The van der Waals surface area contributed by atoms with E-state index in [1.54, 1.807) is 6.26 Å². The Morgan fingerprint density at radius 2 is 2.16 bits per heavy atom. The fraction of sp³-hybridized carbons (Fsp3) is 0.533. The molecule has 2 aromatic rings. The van der Waals surface area contributed by atoms with Gasteiger partial charge in [0.15, 0.2) is 11.4 Å². The van der Waals surface area contributed by atoms with Gasteiger partial charge in [-0.1, -0.05) is 6.42 Å². The Balaban J connectivity index is 1.64. The Morgan fingerprint density at radius 3 is 3.16 bits per heavy atom. The van der Waals surface area contributed by atoms with Crippen LogP contribution in [0.4, 0.5) is 5.82 Å². The van der Waals surface area contributed by atoms with Crippen molar-refractivity contribution in [3.05, 3.63) is 24.6 Å². The van der Waals surface area contributed by atoms with Crippen molar-refractivity contribution in [1.82, 2.24) is 9.88 Å². The van der Waals surface area contributed by atoms with E-state index in [9.17, 15) is 0 Å². The first-order valence-corrected chi connectivity index (χ1v) is 7.23. The number of hydrogen-bond acceptors (Lipinski definition) is 4. The summed E-state index contributed by atoms with van der Waals surface area (Å²) in [5, 5.41) is 1.15. The summed E-state index contributed by atoms with van der Waals surface area (Å²) in [6.45, 7) is 4.58. The summed E-state index contributed by atoms with van der Waals surface area (Å²) >= 11 is 0. The molecule has 4 heteroatoms. The van der Waals surface area contributed by atoms with E-state index in [2.05, 4.69) is 14.8 Å². The normalized spacial score (nSPS) is 24.6. The van der Waals surface area contributed by atoms with Gasteiger partial charge in [0, 0.05) is 37.3 Å². The van der Waals surface area contributed by atoms with E-state index in [1.165, 1.54) is 25.8 Å². The molecule has 0 bridgehead atoms. The van der Waals surface area contributed by atoms with Crippen molar-refractivity contribution in [2.75, 3.05) is 31.1 Å². The molecule has 4 heterocycles. The minimum Gasteiger partial charge on any atom is -0.460 e. The van der Waals surface area contributed by atoms with Gasteiger partial charge in [0.1, 0.15) is 0 Å². The van der Waals surface area contributed by atoms with Crippen molar-refractivity contribution in [3.8, 4) is 0 Å². The van der Waals surface area contributed by atoms with Gasteiger partial charge in [0.2, 0.25) is 0 Å². The predicted molar refractivity (Wildman–Crippen MR) is 75.4 cm³/mol. The number of pyridine rings is 1. The van der Waals surface area contributed by atoms with Crippen LogP contribution in [-0.2, 0) is 0 Å². The second-order valence-electron chi connectivity index (χ2n) is 5.61. The number of hydrogen-bond donors (Lipinski definition) is 0. The van der Waals surface area contributed by atoms with Gasteiger partial charge in [-0.3, -0.25) is 4.90 Å². The highest BCUT2D eigenvalue weighted by molar-refractivity contribution is 5.87. The zero-order valence-electron chi connectivity index (χ0n) is 11.1. The highest BCUT2D eigenvalue weighted by atomic mass is 16.3. The third-order valence-corrected chi connectivity index (χ3v) is 4.49. The van der Waals surface area contributed by atoms with E-state index >= 15 is 0 Å². The van der Waals surface area contributed by atoms with Crippen LogP contribution >= 0.6 is 0 Å². The molecule has 2 aliphatic rings. The Kier molecular flexibility index (Phi) is 2.69. The molecule has 0 amide bonds. The second-order valence-corrected chi connectivity index (χ2v) is 5.61. The van der Waals surface area contributed by atoms with Crippen molar-refractivity contribution in [2.24, 2.45) is 0 Å². The Morgan fingerprint density at radius 1 is 1.16 bits per heavy atom. The molecule has 100 valence electrons. The maximum atomic E-state index is 5.62. The number of aromatic nitrogens is 1. The number of furan rings is 1. The van der Waals surface area contributed by atoms with Gasteiger partial charge in [0.25, 0.3) is 0 Å². The minimum absolute atomic E-state index is 0.703. The SMILES string of the molecule is c1cc2ccoc2c(N2CCN3CCCCC3C2)n1. The number of fused-ring (bicyclic) bond motifs is 2. The minimum atomic E-state index is 0.703. The van der Waals surface area contributed by atoms with Crippen molar-refractivity contribution in [3.63, 3.8) is 0 Å². The van der Waals surface area contributed by atoms with Crippen LogP contribution in [0.25, 0.3) is 11.0 Å². The molecule has 2 aliphatic heterocycles. The molecule has 2 fully saturated rings. The summed E-state index contributed by atoms with van der Waals surface area (Å²) in [5.74, 6) is 1.02. The van der Waals surface area contributed by atoms with Crippen molar-refractivity contribution < 1.29 is 4.42 Å². The van der Waals surface area contributed by atoms with Crippen LogP contribution in [0.2, 0.25) is 0 Å². The molecule has 0 spiro atoms. The van der Waals surface area contributed by atoms with E-state index in [1.807, 2.05) is 18.3 Å². The average molecular weight is 257 g/mol. The number of nitrogens with zero attached hydrogens (tertiary/aromatic N) is 3. The maximum absolute atomic E-state index is 5.62. The molecule has 1 unspecified atom stereocenters. The van der Waals surface area contributed by atoms with Crippen molar-refractivity contribution in [2.45, 2.75) is 25.3 Å². The lowest BCUT2D eigenvalue weighted by Gasteiger charge is -2.44. The number of piperidine rings is 1. The Bertz CT molecular complexity index is 580. The smallest absolute Gasteiger partial charge is 0.176 e. The van der Waals surface area contributed by atoms with Crippen LogP contribution < -0.4 is 4.90 Å². The molecule has 19 heavy (non-hydrogen) atoms. The van der Waals surface area contributed by atoms with Gasteiger partial charge in [-0.05, 0) is 31.5 Å². The summed E-state index contributed by atoms with van der Waals surface area (Å²) in [6, 6.07) is 4.73. The van der Waals surface area contributed by atoms with Gasteiger partial charge in [0.05, 0.1) is 6.26 Å². The van der Waals surface area contributed by atoms with Gasteiger partial charge in [-0.25, -0.2) is 4.98 Å². The van der Waals surface area contributed by atoms with Gasteiger partial charge in [-0.15, -0.1) is 0 Å². The molecule has 4 nitrogen and oxygen atoms in total. The topological polar surface area (TPSA) is 32.5 Å². The first kappa shape index (κ1) is 11.3. The Labute approximate surface area is 113 Å². The molecule has 4 rings (SSSR count). The first-order valence-electron chi connectivity index (χ1n) is 7.23. The van der Waals surface area contributed by atoms with Crippen LogP contribution in [0.1, 0.15) is 19.3 Å². The van der Waals surface area contributed by atoms with E-state index in [0.717, 1.165) is 36.4 Å². The highest BCUT2D eigenvalue weighted by Gasteiger charge is 2.30. The molecule has 0 aromatic carbocycles. The van der Waals surface area contributed by atoms with Gasteiger partial charge >= 0.3 is 0 Å². The molecular weight excluding hydrogens is 238 g/mol. The molecular formula is C15H19N3O. The van der Waals surface area contributed by atoms with Crippen LogP contribution in [0.5, 0.6) is 0 Å². The molecule has 0 saturated carbocycles. The monoisotopic (exact) mass is 257 g/mol. The largest absolute Gasteiger partial charge is 0.460 e. The van der Waals surface area contributed by atoms with Crippen LogP contribution in [0.3, 0.4) is 0 Å². The fourth-order valence-corrected chi connectivity index (χ4v) is 3.45. The lowest BCUT2D eigenvalue weighted by atomic mass is 9.99. The van der Waals surface area contributed by atoms with Gasteiger partial charge in [-0.2, -0.15) is 0 Å². The summed E-state index contributed by atoms with van der Waals surface area (Å²) in [7, 11) is 0. The molecule has 2 saturated heterocycles. The third-order valence-electron chi connectivity index (χ3n) is 4.49. The first-order chi connectivity index (χ1) is 9.42. The quantitative estimate of drug-likeness (QED) is 0.786. The van der Waals surface area contributed by atoms with Gasteiger partial charge < -0.3 is 9.32 Å². The summed E-state index contributed by atoms with van der Waals surface area (Å²) in [6.07, 6.45) is 7.70. The lowest BCUT2D eigenvalue weighted by molar-refractivity contribution is 0.133. The molecule has 0 radical (unpaired) electrons. The zero-order valence-corrected chi connectivity index (χ0v) is 11.1. The van der Waals surface area contributed by atoms with E-state index < -0.39 is 0 Å². The zero-order chi connectivity index (χ0) is 12.7. The van der Waals surface area contributed by atoms with Crippen LogP contribution in [-0.4, -0.2) is 42.1 Å². The highest BCUT2D eigenvalue weighted by Crippen LogP contribution is 2.29. The van der Waals surface area contributed by atoms with E-state index in [-0.39, 0.29) is 0 Å². The molecule has 1 atom stereocenters. The van der Waals surface area contributed by atoms with E-state index in [4.69, 9.17) is 4.42 Å². The van der Waals surface area contributed by atoms with E-state index in [0.29, 0.717) is 6.04 Å². The average Bonchev–Trinajstić information content (AvgIpc) is 2.95. The standard InChI is InChI=1S/C15H19N3O/c1-2-7-17-8-9-18(11-13(17)3-1)15-14-12(4-6-16-15)5-10-19-14/h4-6,10,13H,1-3,7-9,11H2. The fourth-order valence-electron chi connectivity index (χ4n) is 3.45. The lowest BCUT2D eigenvalue weighted by Crippen LogP contribution is -2.55. The second kappa shape index (κ2) is 4.53. The number of anilines is 1. The van der Waals surface area contributed by atoms with Crippen molar-refractivity contribution in [1.29, 1.82) is 0 Å². The summed E-state index contributed by atoms with van der Waals surface area (Å²) in [5.41, 5.74) is 0.937. The predicted octanol–water partition coefficient (Wildman–Crippen LogP) is 2.50. The third kappa shape index (κ3) is 1.91. The summed E-state index contributed by atoms with van der Waals surface area (Å²) < 4.78 is 5.62. The van der Waals surface area contributed by atoms with Crippen molar-refractivity contribution >= 4 is 16.8 Å². The maximum Gasteiger partial charge on any atom is 0.176 e. The molecule has 2 aromatic heterocycles. The summed E-state index contributed by atoms with van der Waals surface area (Å²) in [4.78, 5) is 9.60.